The number of imide groups is 1. The normalized spacial score (nSPS) is 33.6. The van der Waals surface area contributed by atoms with Crippen LogP contribution in [0.25, 0.3) is 0 Å². The maximum atomic E-state index is 13.1. The molecular formula is C23H19NO4S. The Morgan fingerprint density at radius 2 is 1.66 bits per heavy atom. The zero-order chi connectivity index (χ0) is 19.7. The number of ether oxygens (including phenoxy) is 1. The molecule has 0 radical (unpaired) electrons. The van der Waals surface area contributed by atoms with Gasteiger partial charge in [-0.25, -0.2) is 0 Å². The Hall–Kier alpha value is -2.73. The molecule has 0 spiro atoms. The van der Waals surface area contributed by atoms with Crippen molar-refractivity contribution >= 4 is 34.6 Å². The van der Waals surface area contributed by atoms with E-state index in [4.69, 9.17) is 4.74 Å². The van der Waals surface area contributed by atoms with Gasteiger partial charge in [0.05, 0.1) is 22.4 Å². The van der Waals surface area contributed by atoms with E-state index >= 15 is 0 Å². The van der Waals surface area contributed by atoms with Crippen molar-refractivity contribution in [3.63, 3.8) is 0 Å². The van der Waals surface area contributed by atoms with E-state index in [1.165, 1.54) is 16.2 Å². The van der Waals surface area contributed by atoms with E-state index in [-0.39, 0.29) is 47.9 Å². The van der Waals surface area contributed by atoms with E-state index in [1.54, 1.807) is 30.3 Å². The summed E-state index contributed by atoms with van der Waals surface area (Å²) in [5.74, 6) is 1.60. The topological polar surface area (TPSA) is 63.7 Å². The number of ketones is 1. The van der Waals surface area contributed by atoms with Gasteiger partial charge in [-0.15, -0.1) is 11.3 Å². The summed E-state index contributed by atoms with van der Waals surface area (Å²) < 4.78 is 5.58. The van der Waals surface area contributed by atoms with Crippen LogP contribution in [-0.2, 0) is 9.59 Å². The van der Waals surface area contributed by atoms with Crippen LogP contribution >= 0.6 is 11.3 Å². The van der Waals surface area contributed by atoms with Crippen LogP contribution in [-0.4, -0.2) is 24.2 Å². The summed E-state index contributed by atoms with van der Waals surface area (Å²) in [6, 6.07) is 10.5. The van der Waals surface area contributed by atoms with E-state index in [0.717, 1.165) is 6.42 Å². The van der Waals surface area contributed by atoms with Gasteiger partial charge in [-0.05, 0) is 65.8 Å². The fraction of sp³-hybridized carbons (Fsp3) is 0.348. The highest BCUT2D eigenvalue weighted by Crippen LogP contribution is 2.65. The number of hydrogen-bond acceptors (Lipinski definition) is 5. The van der Waals surface area contributed by atoms with Crippen molar-refractivity contribution in [2.45, 2.75) is 6.42 Å². The smallest absolute Gasteiger partial charge is 0.238 e. The van der Waals surface area contributed by atoms with Gasteiger partial charge in [-0.3, -0.25) is 19.3 Å². The molecule has 2 bridgehead atoms. The quantitative estimate of drug-likeness (QED) is 0.433. The Morgan fingerprint density at radius 1 is 1.00 bits per heavy atom. The molecule has 2 amide bonds. The lowest BCUT2D eigenvalue weighted by atomic mass is 9.63. The number of rotatable bonds is 5. The molecule has 0 unspecified atom stereocenters. The highest BCUT2D eigenvalue weighted by molar-refractivity contribution is 7.12. The molecule has 2 saturated carbocycles. The number of carbonyl (C=O) groups is 3. The van der Waals surface area contributed by atoms with Crippen LogP contribution in [0.15, 0.2) is 53.9 Å². The summed E-state index contributed by atoms with van der Waals surface area (Å²) in [4.78, 5) is 40.4. The van der Waals surface area contributed by atoms with Gasteiger partial charge in [-0.1, -0.05) is 18.2 Å². The van der Waals surface area contributed by atoms with E-state index in [9.17, 15) is 14.4 Å². The molecule has 1 aromatic heterocycles. The number of Topliss-reactive ketones (excluding diaryl/α,β-unsaturated/α-hetero) is 1. The molecule has 29 heavy (non-hydrogen) atoms. The van der Waals surface area contributed by atoms with Gasteiger partial charge in [0.1, 0.15) is 5.75 Å². The van der Waals surface area contributed by atoms with Gasteiger partial charge in [0.2, 0.25) is 17.6 Å². The molecule has 2 aromatic rings. The van der Waals surface area contributed by atoms with Crippen LogP contribution in [0.5, 0.6) is 5.75 Å². The lowest BCUT2D eigenvalue weighted by Crippen LogP contribution is -2.40. The summed E-state index contributed by atoms with van der Waals surface area (Å²) >= 11 is 1.39. The zero-order valence-corrected chi connectivity index (χ0v) is 16.4. The summed E-state index contributed by atoms with van der Waals surface area (Å²) in [5.41, 5.74) is 0.583. The molecule has 146 valence electrons. The van der Waals surface area contributed by atoms with Crippen molar-refractivity contribution in [3.05, 3.63) is 58.8 Å². The number of amides is 2. The molecule has 5 aliphatic rings. The standard InChI is InChI=1S/C23H19NO4S/c25-18(19-2-1-9-29-19)11-28-13-5-3-12(4-6-13)24-22(26)20-14-7-8-15(17-10-16(14)17)21(20)23(24)27/h1-9,14-17,20-21H,10-11H2/t14-,15-,16-,17+,20+,21+/m1/s1. The Kier molecular flexibility index (Phi) is 3.63. The number of nitrogens with zero attached hydrogens (tertiary/aromatic N) is 1. The van der Waals surface area contributed by atoms with E-state index < -0.39 is 0 Å². The van der Waals surface area contributed by atoms with Gasteiger partial charge in [0.15, 0.2) is 6.61 Å². The van der Waals surface area contributed by atoms with Crippen molar-refractivity contribution in [1.82, 2.24) is 0 Å². The Bertz CT molecular complexity index is 1010. The van der Waals surface area contributed by atoms with Crippen LogP contribution in [0.4, 0.5) is 5.69 Å². The average Bonchev–Trinajstić information content (AvgIpc) is 3.31. The third-order valence-corrected chi connectivity index (χ3v) is 7.83. The first-order valence-electron chi connectivity index (χ1n) is 9.99. The predicted molar refractivity (Wildman–Crippen MR) is 108 cm³/mol. The number of benzene rings is 1. The highest BCUT2D eigenvalue weighted by Gasteiger charge is 2.67. The van der Waals surface area contributed by atoms with E-state index in [1.807, 2.05) is 11.4 Å². The fourth-order valence-corrected chi connectivity index (χ4v) is 6.21. The van der Waals surface area contributed by atoms with Gasteiger partial charge in [0, 0.05) is 0 Å². The number of thiophene rings is 1. The minimum Gasteiger partial charge on any atom is -0.485 e. The first-order chi connectivity index (χ1) is 14.1. The second-order valence-corrected chi connectivity index (χ2v) is 9.30. The lowest BCUT2D eigenvalue weighted by Gasteiger charge is -2.37. The maximum Gasteiger partial charge on any atom is 0.238 e. The van der Waals surface area contributed by atoms with Crippen molar-refractivity contribution in [2.24, 2.45) is 35.5 Å². The van der Waals surface area contributed by atoms with E-state index in [2.05, 4.69) is 12.2 Å². The van der Waals surface area contributed by atoms with Crippen molar-refractivity contribution < 1.29 is 19.1 Å². The van der Waals surface area contributed by atoms with Gasteiger partial charge in [0.25, 0.3) is 0 Å². The summed E-state index contributed by atoms with van der Waals surface area (Å²) in [7, 11) is 0. The first-order valence-corrected chi connectivity index (χ1v) is 10.9. The summed E-state index contributed by atoms with van der Waals surface area (Å²) in [5, 5.41) is 1.86. The lowest BCUT2D eigenvalue weighted by molar-refractivity contribution is -0.124. The molecule has 3 fully saturated rings. The second kappa shape index (κ2) is 6.13. The zero-order valence-electron chi connectivity index (χ0n) is 15.6. The molecule has 6 heteroatoms. The summed E-state index contributed by atoms with van der Waals surface area (Å²) in [6.45, 7) is -0.0383. The monoisotopic (exact) mass is 405 g/mol. The molecule has 4 aliphatic carbocycles. The Balaban J connectivity index is 1.19. The van der Waals surface area contributed by atoms with Crippen molar-refractivity contribution in [2.75, 3.05) is 11.5 Å². The fourth-order valence-electron chi connectivity index (χ4n) is 5.56. The van der Waals surface area contributed by atoms with Gasteiger partial charge >= 0.3 is 0 Å². The van der Waals surface area contributed by atoms with Crippen molar-refractivity contribution in [3.8, 4) is 5.75 Å². The van der Waals surface area contributed by atoms with Gasteiger partial charge in [-0.2, -0.15) is 0 Å². The average molecular weight is 405 g/mol. The minimum absolute atomic E-state index is 0.0383. The molecular weight excluding hydrogens is 386 g/mol. The summed E-state index contributed by atoms with van der Waals surface area (Å²) in [6.07, 6.45) is 5.51. The molecule has 1 aromatic carbocycles. The van der Waals surface area contributed by atoms with Crippen molar-refractivity contribution in [1.29, 1.82) is 0 Å². The van der Waals surface area contributed by atoms with Crippen LogP contribution in [0, 0.1) is 35.5 Å². The molecule has 0 N–H and O–H groups in total. The minimum atomic E-state index is -0.194. The maximum absolute atomic E-state index is 13.1. The number of carbonyl (C=O) groups excluding carboxylic acids is 3. The largest absolute Gasteiger partial charge is 0.485 e. The highest BCUT2D eigenvalue weighted by atomic mass is 32.1. The predicted octanol–water partition coefficient (Wildman–Crippen LogP) is 3.57. The molecule has 7 rings (SSSR count). The van der Waals surface area contributed by atoms with Gasteiger partial charge < -0.3 is 4.74 Å². The van der Waals surface area contributed by atoms with Crippen LogP contribution in [0.3, 0.4) is 0 Å². The molecule has 1 aliphatic heterocycles. The first kappa shape index (κ1) is 17.2. The number of hydrogen-bond donors (Lipinski definition) is 0. The molecule has 5 nitrogen and oxygen atoms in total. The van der Waals surface area contributed by atoms with E-state index in [0.29, 0.717) is 28.1 Å². The van der Waals surface area contributed by atoms with Crippen LogP contribution in [0.1, 0.15) is 16.1 Å². The number of allylic oxidation sites excluding steroid dienone is 2. The third kappa shape index (κ3) is 2.48. The number of anilines is 1. The SMILES string of the molecule is O=C(COc1ccc(N2C(=O)[C@H]3[C@@H]4C=C[C@H]([C@@H]5C[C@H]45)[C@@H]3C2=O)cc1)c1cccs1. The van der Waals surface area contributed by atoms with Crippen LogP contribution in [0.2, 0.25) is 0 Å². The second-order valence-electron chi connectivity index (χ2n) is 8.35. The molecule has 1 saturated heterocycles. The Morgan fingerprint density at radius 3 is 2.24 bits per heavy atom. The Labute approximate surface area is 172 Å². The molecule has 2 heterocycles. The molecule has 6 atom stereocenters. The third-order valence-electron chi connectivity index (χ3n) is 6.92. The van der Waals surface area contributed by atoms with Crippen LogP contribution < -0.4 is 9.64 Å².